The van der Waals surface area contributed by atoms with E-state index in [0.29, 0.717) is 0 Å². The van der Waals surface area contributed by atoms with Crippen LogP contribution in [-0.4, -0.2) is 42.1 Å². The van der Waals surface area contributed by atoms with Crippen LogP contribution in [0, 0.1) is 0 Å². The van der Waals surface area contributed by atoms with Crippen LogP contribution in [0.15, 0.2) is 48.5 Å². The van der Waals surface area contributed by atoms with Crippen molar-refractivity contribution >= 4 is 22.2 Å². The fourth-order valence-electron chi connectivity index (χ4n) is 3.16. The van der Waals surface area contributed by atoms with E-state index in [-0.39, 0.29) is 12.5 Å². The standard InChI is InChI=1S/C18H17NO7S/c20-17(21)9-16(27(23,24)25)19-18(22)26-10-15-13-7-3-1-5-11(13)12-6-2-4-8-14(12)15/h1-8,15-16H,9-10H2,(H,19,22)(H,20,21)(H,23,24,25). The van der Waals surface area contributed by atoms with E-state index in [2.05, 4.69) is 0 Å². The molecule has 1 aliphatic rings. The van der Waals surface area contributed by atoms with Gasteiger partial charge in [0.1, 0.15) is 6.61 Å². The van der Waals surface area contributed by atoms with E-state index >= 15 is 0 Å². The third-order valence-electron chi connectivity index (χ3n) is 4.34. The van der Waals surface area contributed by atoms with Crippen LogP contribution >= 0.6 is 0 Å². The first-order chi connectivity index (χ1) is 12.8. The molecule has 2 aromatic rings. The number of carbonyl (C=O) groups is 2. The molecule has 0 bridgehead atoms. The van der Waals surface area contributed by atoms with Crippen LogP contribution in [0.3, 0.4) is 0 Å². The molecule has 0 aromatic heterocycles. The van der Waals surface area contributed by atoms with Crippen LogP contribution in [0.2, 0.25) is 0 Å². The average molecular weight is 391 g/mol. The number of carboxylic acids is 1. The maximum Gasteiger partial charge on any atom is 0.408 e. The molecule has 0 saturated heterocycles. The minimum Gasteiger partial charge on any atom is -0.481 e. The number of fused-ring (bicyclic) bond motifs is 3. The molecule has 0 spiro atoms. The van der Waals surface area contributed by atoms with E-state index < -0.39 is 34.0 Å². The van der Waals surface area contributed by atoms with Crippen LogP contribution in [0.1, 0.15) is 23.5 Å². The van der Waals surface area contributed by atoms with Gasteiger partial charge >= 0.3 is 12.1 Å². The Morgan fingerprint density at radius 3 is 2.04 bits per heavy atom. The Balaban J connectivity index is 1.73. The lowest BCUT2D eigenvalue weighted by Crippen LogP contribution is -2.42. The van der Waals surface area contributed by atoms with Crippen molar-refractivity contribution in [2.75, 3.05) is 6.61 Å². The number of nitrogens with one attached hydrogen (secondary N) is 1. The average Bonchev–Trinajstić information content (AvgIpc) is 2.92. The Hall–Kier alpha value is -2.91. The molecule has 0 radical (unpaired) electrons. The van der Waals surface area contributed by atoms with Gasteiger partial charge in [0.15, 0.2) is 5.37 Å². The number of hydrogen-bond acceptors (Lipinski definition) is 5. The van der Waals surface area contributed by atoms with E-state index in [1.807, 2.05) is 53.8 Å². The maximum absolute atomic E-state index is 12.0. The number of hydrogen-bond donors (Lipinski definition) is 3. The van der Waals surface area contributed by atoms with Gasteiger partial charge in [0.05, 0.1) is 6.42 Å². The Bertz CT molecular complexity index is 941. The largest absolute Gasteiger partial charge is 0.481 e. The van der Waals surface area contributed by atoms with E-state index in [9.17, 15) is 18.0 Å². The van der Waals surface area contributed by atoms with Crippen molar-refractivity contribution in [1.29, 1.82) is 0 Å². The lowest BCUT2D eigenvalue weighted by Gasteiger charge is -2.17. The summed E-state index contributed by atoms with van der Waals surface area (Å²) in [5, 5.41) is 8.61. The monoisotopic (exact) mass is 391 g/mol. The van der Waals surface area contributed by atoms with E-state index in [1.165, 1.54) is 0 Å². The van der Waals surface area contributed by atoms with Crippen LogP contribution in [0.25, 0.3) is 11.1 Å². The fraction of sp³-hybridized carbons (Fsp3) is 0.222. The van der Waals surface area contributed by atoms with Crippen molar-refractivity contribution in [1.82, 2.24) is 5.32 Å². The molecule has 1 amide bonds. The molecule has 0 heterocycles. The number of amides is 1. The minimum atomic E-state index is -4.78. The molecule has 0 fully saturated rings. The summed E-state index contributed by atoms with van der Waals surface area (Å²) in [4.78, 5) is 22.7. The van der Waals surface area contributed by atoms with E-state index in [4.69, 9.17) is 14.4 Å². The normalized spacial score (nSPS) is 14.1. The SMILES string of the molecule is O=C(O)CC(NC(=O)OCC1c2ccccc2-c2ccccc21)S(=O)(=O)O. The predicted octanol–water partition coefficient (Wildman–Crippen LogP) is 2.21. The van der Waals surface area contributed by atoms with Gasteiger partial charge < -0.3 is 15.2 Å². The molecule has 0 saturated carbocycles. The number of carbonyl (C=O) groups excluding carboxylic acids is 1. The predicted molar refractivity (Wildman–Crippen MR) is 95.8 cm³/mol. The smallest absolute Gasteiger partial charge is 0.408 e. The highest BCUT2D eigenvalue weighted by Crippen LogP contribution is 2.44. The second-order valence-electron chi connectivity index (χ2n) is 6.07. The van der Waals surface area contributed by atoms with Gasteiger partial charge in [-0.1, -0.05) is 48.5 Å². The summed E-state index contributed by atoms with van der Waals surface area (Å²) in [7, 11) is -4.78. The molecule has 2 aromatic carbocycles. The van der Waals surface area contributed by atoms with Crippen molar-refractivity contribution in [3.05, 3.63) is 59.7 Å². The first-order valence-corrected chi connectivity index (χ1v) is 9.57. The molecule has 1 atom stereocenters. The lowest BCUT2D eigenvalue weighted by molar-refractivity contribution is -0.137. The zero-order valence-corrected chi connectivity index (χ0v) is 14.8. The number of alkyl carbamates (subject to hydrolysis) is 1. The van der Waals surface area contributed by atoms with Crippen LogP contribution in [0.5, 0.6) is 0 Å². The second-order valence-corrected chi connectivity index (χ2v) is 7.67. The van der Waals surface area contributed by atoms with Crippen molar-refractivity contribution in [2.45, 2.75) is 17.7 Å². The van der Waals surface area contributed by atoms with Crippen molar-refractivity contribution in [3.8, 4) is 11.1 Å². The maximum atomic E-state index is 12.0. The van der Waals surface area contributed by atoms with Gasteiger partial charge in [0.25, 0.3) is 10.1 Å². The van der Waals surface area contributed by atoms with Gasteiger partial charge in [-0.05, 0) is 22.3 Å². The van der Waals surface area contributed by atoms with Gasteiger partial charge in [0, 0.05) is 5.92 Å². The van der Waals surface area contributed by atoms with Crippen molar-refractivity contribution < 1.29 is 32.4 Å². The topological polar surface area (TPSA) is 130 Å². The van der Waals surface area contributed by atoms with Gasteiger partial charge in [0.2, 0.25) is 0 Å². The van der Waals surface area contributed by atoms with Gasteiger partial charge in [-0.25, -0.2) is 4.79 Å². The summed E-state index contributed by atoms with van der Waals surface area (Å²) in [5.74, 6) is -1.72. The highest BCUT2D eigenvalue weighted by molar-refractivity contribution is 7.86. The lowest BCUT2D eigenvalue weighted by atomic mass is 9.98. The van der Waals surface area contributed by atoms with E-state index in [0.717, 1.165) is 22.3 Å². The quantitative estimate of drug-likeness (QED) is 0.644. The first kappa shape index (κ1) is 18.9. The van der Waals surface area contributed by atoms with Crippen molar-refractivity contribution in [3.63, 3.8) is 0 Å². The summed E-state index contributed by atoms with van der Waals surface area (Å²) >= 11 is 0. The Morgan fingerprint density at radius 1 is 1.04 bits per heavy atom. The Labute approximate surface area is 155 Å². The number of benzene rings is 2. The molecular weight excluding hydrogens is 374 g/mol. The summed E-state index contributed by atoms with van der Waals surface area (Å²) in [6, 6.07) is 15.4. The second kappa shape index (κ2) is 7.37. The first-order valence-electron chi connectivity index (χ1n) is 8.07. The highest BCUT2D eigenvalue weighted by Gasteiger charge is 2.31. The van der Waals surface area contributed by atoms with E-state index in [1.54, 1.807) is 0 Å². The Morgan fingerprint density at radius 2 is 1.56 bits per heavy atom. The van der Waals surface area contributed by atoms with Gasteiger partial charge in [-0.2, -0.15) is 8.42 Å². The van der Waals surface area contributed by atoms with Crippen molar-refractivity contribution in [2.24, 2.45) is 0 Å². The van der Waals surface area contributed by atoms with Crippen LogP contribution in [0.4, 0.5) is 4.79 Å². The number of rotatable bonds is 6. The number of aliphatic carboxylic acids is 1. The molecular formula is C18H17NO7S. The van der Waals surface area contributed by atoms with Gasteiger partial charge in [-0.15, -0.1) is 0 Å². The molecule has 1 unspecified atom stereocenters. The zero-order valence-electron chi connectivity index (χ0n) is 14.0. The molecule has 1 aliphatic carbocycles. The summed E-state index contributed by atoms with van der Waals surface area (Å²) in [5.41, 5.74) is 4.01. The third-order valence-corrected chi connectivity index (χ3v) is 5.35. The molecule has 0 aliphatic heterocycles. The Kier molecular flexibility index (Phi) is 5.15. The van der Waals surface area contributed by atoms with Crippen LogP contribution in [-0.2, 0) is 19.6 Å². The molecule has 3 rings (SSSR count). The molecule has 3 N–H and O–H groups in total. The minimum absolute atomic E-state index is 0.0644. The van der Waals surface area contributed by atoms with Gasteiger partial charge in [-0.3, -0.25) is 9.35 Å². The molecule has 142 valence electrons. The molecule has 9 heteroatoms. The number of ether oxygens (including phenoxy) is 1. The fourth-order valence-corrected chi connectivity index (χ4v) is 3.76. The third kappa shape index (κ3) is 4.09. The summed E-state index contributed by atoms with van der Waals surface area (Å²) < 4.78 is 36.6. The summed E-state index contributed by atoms with van der Waals surface area (Å²) in [6.45, 7) is -0.0644. The highest BCUT2D eigenvalue weighted by atomic mass is 32.2. The molecule has 27 heavy (non-hydrogen) atoms. The summed E-state index contributed by atoms with van der Waals surface area (Å²) in [6.07, 6.45) is -2.11. The number of carboxylic acid groups (broad SMARTS) is 1. The molecule has 8 nitrogen and oxygen atoms in total. The van der Waals surface area contributed by atoms with Crippen LogP contribution < -0.4 is 5.32 Å². The zero-order chi connectivity index (χ0) is 19.6.